The minimum atomic E-state index is 0.795. The molecule has 2 heterocycles. The molecule has 19 heavy (non-hydrogen) atoms. The van der Waals surface area contributed by atoms with Crippen LogP contribution in [0.15, 0.2) is 12.1 Å². The molecule has 0 aliphatic rings. The van der Waals surface area contributed by atoms with Gasteiger partial charge < -0.3 is 4.57 Å². The first kappa shape index (κ1) is 13.6. The molecular weight excluding hydrogens is 238 g/mol. The van der Waals surface area contributed by atoms with Crippen LogP contribution in [-0.4, -0.2) is 20.6 Å². The predicted octanol–water partition coefficient (Wildman–Crippen LogP) is 2.82. The second-order valence-corrected chi connectivity index (χ2v) is 5.10. The van der Waals surface area contributed by atoms with Crippen LogP contribution < -0.4 is 0 Å². The van der Waals surface area contributed by atoms with Gasteiger partial charge in [0, 0.05) is 35.7 Å². The van der Waals surface area contributed by atoms with Gasteiger partial charge >= 0.3 is 0 Å². The minimum Gasteiger partial charge on any atom is -0.348 e. The van der Waals surface area contributed by atoms with Crippen LogP contribution in [0.25, 0.3) is 0 Å². The van der Waals surface area contributed by atoms with Gasteiger partial charge in [0.25, 0.3) is 0 Å². The van der Waals surface area contributed by atoms with Gasteiger partial charge in [-0.3, -0.25) is 9.48 Å². The van der Waals surface area contributed by atoms with Crippen LogP contribution in [0.1, 0.15) is 39.6 Å². The molecule has 0 saturated heterocycles. The number of hydrogen-bond acceptors (Lipinski definition) is 2. The summed E-state index contributed by atoms with van der Waals surface area (Å²) in [4.78, 5) is 10.9. The van der Waals surface area contributed by atoms with E-state index in [0.717, 1.165) is 48.4 Å². The first-order valence-electron chi connectivity index (χ1n) is 6.66. The van der Waals surface area contributed by atoms with Gasteiger partial charge in [-0.1, -0.05) is 0 Å². The number of carbonyl (C=O) groups excluding carboxylic acids is 1. The molecule has 0 spiro atoms. The lowest BCUT2D eigenvalue weighted by Gasteiger charge is -2.10. The van der Waals surface area contributed by atoms with Crippen molar-refractivity contribution in [1.29, 1.82) is 0 Å². The van der Waals surface area contributed by atoms with Gasteiger partial charge in [0.2, 0.25) is 0 Å². The molecule has 0 bridgehead atoms. The largest absolute Gasteiger partial charge is 0.348 e. The third-order valence-electron chi connectivity index (χ3n) is 3.59. The van der Waals surface area contributed by atoms with E-state index < -0.39 is 0 Å². The summed E-state index contributed by atoms with van der Waals surface area (Å²) in [5, 5.41) is 4.46. The molecule has 0 aromatic carbocycles. The molecule has 0 aliphatic heterocycles. The fourth-order valence-electron chi connectivity index (χ4n) is 2.57. The van der Waals surface area contributed by atoms with E-state index in [0.29, 0.717) is 0 Å². The van der Waals surface area contributed by atoms with Gasteiger partial charge in [-0.2, -0.15) is 5.10 Å². The zero-order valence-electron chi connectivity index (χ0n) is 12.1. The number of aldehydes is 1. The van der Waals surface area contributed by atoms with Crippen molar-refractivity contribution in [3.63, 3.8) is 0 Å². The smallest absolute Gasteiger partial charge is 0.151 e. The van der Waals surface area contributed by atoms with Crippen LogP contribution in [0.5, 0.6) is 0 Å². The normalized spacial score (nSPS) is 10.9. The highest BCUT2D eigenvalue weighted by Crippen LogP contribution is 2.14. The monoisotopic (exact) mass is 259 g/mol. The Balaban J connectivity index is 2.02. The summed E-state index contributed by atoms with van der Waals surface area (Å²) in [6.07, 6.45) is 1.94. The van der Waals surface area contributed by atoms with Crippen molar-refractivity contribution in [2.24, 2.45) is 0 Å². The summed E-state index contributed by atoms with van der Waals surface area (Å²) < 4.78 is 4.25. The van der Waals surface area contributed by atoms with Crippen molar-refractivity contribution in [3.8, 4) is 0 Å². The Morgan fingerprint density at radius 3 is 2.37 bits per heavy atom. The van der Waals surface area contributed by atoms with Crippen LogP contribution in [0.3, 0.4) is 0 Å². The highest BCUT2D eigenvalue weighted by Gasteiger charge is 2.08. The van der Waals surface area contributed by atoms with E-state index in [2.05, 4.69) is 22.7 Å². The summed E-state index contributed by atoms with van der Waals surface area (Å²) in [5.41, 5.74) is 5.26. The molecule has 0 atom stereocenters. The molecular formula is C15H21N3O. The first-order valence-corrected chi connectivity index (χ1v) is 6.66. The second kappa shape index (κ2) is 5.43. The molecule has 0 radical (unpaired) electrons. The third kappa shape index (κ3) is 2.78. The number of aromatic nitrogens is 3. The van der Waals surface area contributed by atoms with Gasteiger partial charge in [-0.15, -0.1) is 0 Å². The topological polar surface area (TPSA) is 39.8 Å². The van der Waals surface area contributed by atoms with Gasteiger partial charge in [0.05, 0.1) is 5.69 Å². The highest BCUT2D eigenvalue weighted by molar-refractivity contribution is 5.77. The molecule has 0 amide bonds. The Morgan fingerprint density at radius 2 is 1.84 bits per heavy atom. The molecule has 2 aromatic rings. The highest BCUT2D eigenvalue weighted by atomic mass is 16.1. The van der Waals surface area contributed by atoms with E-state index in [9.17, 15) is 4.79 Å². The minimum absolute atomic E-state index is 0.795. The van der Waals surface area contributed by atoms with Gasteiger partial charge in [0.15, 0.2) is 6.29 Å². The molecule has 4 nitrogen and oxygen atoms in total. The number of nitrogens with zero attached hydrogens (tertiary/aromatic N) is 3. The van der Waals surface area contributed by atoms with Gasteiger partial charge in [-0.05, 0) is 46.2 Å². The van der Waals surface area contributed by atoms with Crippen LogP contribution in [-0.2, 0) is 13.1 Å². The zero-order chi connectivity index (χ0) is 14.0. The van der Waals surface area contributed by atoms with Gasteiger partial charge in [-0.25, -0.2) is 0 Å². The zero-order valence-corrected chi connectivity index (χ0v) is 12.1. The molecule has 102 valence electrons. The molecule has 0 N–H and O–H groups in total. The number of rotatable bonds is 5. The van der Waals surface area contributed by atoms with E-state index >= 15 is 0 Å². The fraction of sp³-hybridized carbons (Fsp3) is 0.467. The Bertz CT molecular complexity index is 593. The Labute approximate surface area is 114 Å². The lowest BCUT2D eigenvalue weighted by Crippen LogP contribution is -2.08. The summed E-state index contributed by atoms with van der Waals surface area (Å²) in [6.45, 7) is 9.97. The van der Waals surface area contributed by atoms with Crippen molar-refractivity contribution in [3.05, 3.63) is 40.5 Å². The number of carbonyl (C=O) groups is 1. The standard InChI is InChI=1S/C15H21N3O/c1-11-8-13(3)18(16-11)7-5-6-17-12(2)9-15(10-19)14(17)4/h8-10H,5-7H2,1-4H3. The predicted molar refractivity (Wildman–Crippen MR) is 75.6 cm³/mol. The van der Waals surface area contributed by atoms with Crippen molar-refractivity contribution in [2.45, 2.75) is 47.2 Å². The molecule has 0 saturated carbocycles. The average molecular weight is 259 g/mol. The van der Waals surface area contributed by atoms with E-state index in [4.69, 9.17) is 0 Å². The Kier molecular flexibility index (Phi) is 3.88. The van der Waals surface area contributed by atoms with E-state index in [1.165, 1.54) is 5.69 Å². The quantitative estimate of drug-likeness (QED) is 0.775. The van der Waals surface area contributed by atoms with E-state index in [1.54, 1.807) is 0 Å². The maximum absolute atomic E-state index is 10.9. The Hall–Kier alpha value is -1.84. The summed E-state index contributed by atoms with van der Waals surface area (Å²) >= 11 is 0. The van der Waals surface area contributed by atoms with Gasteiger partial charge in [0.1, 0.15) is 0 Å². The lowest BCUT2D eigenvalue weighted by atomic mass is 10.3. The van der Waals surface area contributed by atoms with Crippen molar-refractivity contribution < 1.29 is 4.79 Å². The van der Waals surface area contributed by atoms with E-state index in [-0.39, 0.29) is 0 Å². The number of aryl methyl sites for hydroxylation is 4. The summed E-state index contributed by atoms with van der Waals surface area (Å²) in [6, 6.07) is 4.04. The maximum Gasteiger partial charge on any atom is 0.151 e. The lowest BCUT2D eigenvalue weighted by molar-refractivity contribution is 0.112. The first-order chi connectivity index (χ1) is 9.02. The average Bonchev–Trinajstić information content (AvgIpc) is 2.82. The van der Waals surface area contributed by atoms with Crippen molar-refractivity contribution >= 4 is 6.29 Å². The molecule has 0 unspecified atom stereocenters. The Morgan fingerprint density at radius 1 is 1.11 bits per heavy atom. The van der Waals surface area contributed by atoms with Crippen LogP contribution in [0.4, 0.5) is 0 Å². The maximum atomic E-state index is 10.9. The van der Waals surface area contributed by atoms with Crippen molar-refractivity contribution in [2.75, 3.05) is 0 Å². The van der Waals surface area contributed by atoms with Crippen LogP contribution in [0, 0.1) is 27.7 Å². The summed E-state index contributed by atoms with van der Waals surface area (Å²) in [7, 11) is 0. The molecule has 2 rings (SSSR count). The van der Waals surface area contributed by atoms with E-state index in [1.807, 2.05) is 31.5 Å². The molecule has 0 fully saturated rings. The molecule has 2 aromatic heterocycles. The van der Waals surface area contributed by atoms with Crippen LogP contribution in [0.2, 0.25) is 0 Å². The fourth-order valence-corrected chi connectivity index (χ4v) is 2.57. The SMILES string of the molecule is Cc1cc(C)n(CCCn2c(C)cc(C=O)c2C)n1. The third-order valence-corrected chi connectivity index (χ3v) is 3.59. The van der Waals surface area contributed by atoms with Crippen LogP contribution >= 0.6 is 0 Å². The molecule has 4 heteroatoms. The number of hydrogen-bond donors (Lipinski definition) is 0. The summed E-state index contributed by atoms with van der Waals surface area (Å²) in [5.74, 6) is 0. The second-order valence-electron chi connectivity index (χ2n) is 5.10. The van der Waals surface area contributed by atoms with Crippen molar-refractivity contribution in [1.82, 2.24) is 14.3 Å². The molecule has 0 aliphatic carbocycles.